The van der Waals surface area contributed by atoms with Gasteiger partial charge in [0.25, 0.3) is 0 Å². The van der Waals surface area contributed by atoms with E-state index in [1.807, 2.05) is 74.5 Å². The zero-order valence-electron chi connectivity index (χ0n) is 17.4. The van der Waals surface area contributed by atoms with Crippen LogP contribution in [0.2, 0.25) is 0 Å². The number of carbonyl (C=O) groups is 1. The van der Waals surface area contributed by atoms with Crippen molar-refractivity contribution in [2.45, 2.75) is 63.4 Å². The van der Waals surface area contributed by atoms with Gasteiger partial charge in [0.15, 0.2) is 12.1 Å². The molecule has 0 spiro atoms. The van der Waals surface area contributed by atoms with Crippen molar-refractivity contribution in [2.75, 3.05) is 6.61 Å². The summed E-state index contributed by atoms with van der Waals surface area (Å²) in [6, 6.07) is 19.8. The first kappa shape index (κ1) is 21.2. The molecule has 2 aliphatic heterocycles. The van der Waals surface area contributed by atoms with Gasteiger partial charge in [-0.15, -0.1) is 0 Å². The Morgan fingerprint density at radius 3 is 2.17 bits per heavy atom. The number of hydrogen-bond acceptors (Lipinski definition) is 6. The minimum atomic E-state index is -0.975. The van der Waals surface area contributed by atoms with Crippen molar-refractivity contribution in [1.82, 2.24) is 0 Å². The van der Waals surface area contributed by atoms with E-state index >= 15 is 0 Å². The topological polar surface area (TPSA) is 63.2 Å². The molecule has 2 aromatic carbocycles. The summed E-state index contributed by atoms with van der Waals surface area (Å²) < 4.78 is 30.6. The highest BCUT2D eigenvalue weighted by atomic mass is 16.8. The van der Waals surface area contributed by atoms with Gasteiger partial charge in [-0.25, -0.2) is 0 Å². The fraction of sp³-hybridized carbons (Fsp3) is 0.458. The van der Waals surface area contributed by atoms with E-state index in [1.54, 1.807) is 0 Å². The van der Waals surface area contributed by atoms with Crippen molar-refractivity contribution >= 4 is 6.29 Å². The molecule has 2 fully saturated rings. The van der Waals surface area contributed by atoms with Crippen molar-refractivity contribution < 1.29 is 28.5 Å². The van der Waals surface area contributed by atoms with Crippen molar-refractivity contribution in [2.24, 2.45) is 0 Å². The molecule has 2 saturated heterocycles. The summed E-state index contributed by atoms with van der Waals surface area (Å²) in [4.78, 5) is 11.6. The SMILES string of the molecule is CC1(C)O[C@H]2OC(CC=O)(COCc3ccccc3)[C@@H](OCc3ccccc3)[C@H]2O1. The molecule has 2 aliphatic rings. The maximum atomic E-state index is 11.6. The highest BCUT2D eigenvalue weighted by molar-refractivity contribution is 5.52. The van der Waals surface area contributed by atoms with Gasteiger partial charge >= 0.3 is 0 Å². The molecular weight excluding hydrogens is 384 g/mol. The molecule has 0 saturated carbocycles. The van der Waals surface area contributed by atoms with E-state index in [0.29, 0.717) is 13.2 Å². The molecule has 6 heteroatoms. The molecule has 30 heavy (non-hydrogen) atoms. The van der Waals surface area contributed by atoms with Crippen LogP contribution in [-0.4, -0.2) is 42.8 Å². The summed E-state index contributed by atoms with van der Waals surface area (Å²) >= 11 is 0. The molecule has 0 radical (unpaired) electrons. The summed E-state index contributed by atoms with van der Waals surface area (Å²) in [6.07, 6.45) is -0.589. The maximum Gasteiger partial charge on any atom is 0.190 e. The third kappa shape index (κ3) is 4.63. The highest BCUT2D eigenvalue weighted by Gasteiger charge is 2.62. The van der Waals surface area contributed by atoms with Crippen LogP contribution < -0.4 is 0 Å². The van der Waals surface area contributed by atoms with Gasteiger partial charge in [0.2, 0.25) is 0 Å². The van der Waals surface area contributed by atoms with Crippen LogP contribution in [0.4, 0.5) is 0 Å². The predicted octanol–water partition coefficient (Wildman–Crippen LogP) is 3.62. The monoisotopic (exact) mass is 412 g/mol. The molecule has 160 valence electrons. The summed E-state index contributed by atoms with van der Waals surface area (Å²) in [5.41, 5.74) is 1.11. The number of fused-ring (bicyclic) bond motifs is 1. The van der Waals surface area contributed by atoms with Gasteiger partial charge in [-0.3, -0.25) is 0 Å². The van der Waals surface area contributed by atoms with Gasteiger partial charge in [0, 0.05) is 6.42 Å². The zero-order chi connectivity index (χ0) is 21.0. The average Bonchev–Trinajstić information content (AvgIpc) is 3.17. The van der Waals surface area contributed by atoms with Crippen LogP contribution in [-0.2, 0) is 41.7 Å². The van der Waals surface area contributed by atoms with E-state index in [0.717, 1.165) is 17.4 Å². The van der Waals surface area contributed by atoms with Crippen LogP contribution in [0.1, 0.15) is 31.4 Å². The number of carbonyl (C=O) groups excluding carboxylic acids is 1. The minimum absolute atomic E-state index is 0.126. The Morgan fingerprint density at radius 2 is 1.53 bits per heavy atom. The molecule has 1 unspecified atom stereocenters. The van der Waals surface area contributed by atoms with Gasteiger partial charge in [-0.1, -0.05) is 60.7 Å². The molecule has 0 bridgehead atoms. The lowest BCUT2D eigenvalue weighted by atomic mass is 9.92. The Hall–Kier alpha value is -2.09. The number of aldehydes is 1. The molecular formula is C24H28O6. The Labute approximate surface area is 177 Å². The van der Waals surface area contributed by atoms with Crippen LogP contribution in [0.15, 0.2) is 60.7 Å². The minimum Gasteiger partial charge on any atom is -0.374 e. The van der Waals surface area contributed by atoms with Crippen molar-refractivity contribution in [3.8, 4) is 0 Å². The lowest BCUT2D eigenvalue weighted by Crippen LogP contribution is -2.50. The molecule has 0 N–H and O–H groups in total. The van der Waals surface area contributed by atoms with Crippen molar-refractivity contribution in [3.63, 3.8) is 0 Å². The van der Waals surface area contributed by atoms with Gasteiger partial charge in [0.1, 0.15) is 24.1 Å². The summed E-state index contributed by atoms with van der Waals surface area (Å²) in [5.74, 6) is -0.776. The van der Waals surface area contributed by atoms with Gasteiger partial charge < -0.3 is 28.5 Å². The third-order valence-electron chi connectivity index (χ3n) is 5.42. The van der Waals surface area contributed by atoms with Crippen molar-refractivity contribution in [3.05, 3.63) is 71.8 Å². The summed E-state index contributed by atoms with van der Waals surface area (Å²) in [7, 11) is 0. The van der Waals surface area contributed by atoms with Gasteiger partial charge in [0.05, 0.1) is 19.8 Å². The number of hydrogen-bond donors (Lipinski definition) is 0. The lowest BCUT2D eigenvalue weighted by molar-refractivity contribution is -0.254. The number of ether oxygens (including phenoxy) is 5. The first-order chi connectivity index (χ1) is 14.5. The van der Waals surface area contributed by atoms with E-state index in [-0.39, 0.29) is 13.0 Å². The van der Waals surface area contributed by atoms with Gasteiger partial charge in [-0.2, -0.15) is 0 Å². The van der Waals surface area contributed by atoms with Crippen LogP contribution >= 0.6 is 0 Å². The first-order valence-corrected chi connectivity index (χ1v) is 10.3. The standard InChI is InChI=1S/C24H28O6/c1-23(2)28-20-21(27-16-19-11-7-4-8-12-19)24(13-14-25,30-22(20)29-23)17-26-15-18-9-5-3-6-10-18/h3-12,14,20-22H,13,15-17H2,1-2H3/t20-,21+,22+,24?/m1/s1. The van der Waals surface area contributed by atoms with Crippen molar-refractivity contribution in [1.29, 1.82) is 0 Å². The second kappa shape index (κ2) is 8.96. The molecule has 2 aromatic rings. The zero-order valence-corrected chi connectivity index (χ0v) is 17.4. The summed E-state index contributed by atoms with van der Waals surface area (Å²) in [5, 5.41) is 0. The Morgan fingerprint density at radius 1 is 0.900 bits per heavy atom. The lowest BCUT2D eigenvalue weighted by Gasteiger charge is -2.35. The third-order valence-corrected chi connectivity index (χ3v) is 5.42. The van der Waals surface area contributed by atoms with E-state index in [4.69, 9.17) is 23.7 Å². The fourth-order valence-corrected chi connectivity index (χ4v) is 4.05. The molecule has 4 atom stereocenters. The Kier molecular flexibility index (Phi) is 6.32. The van der Waals surface area contributed by atoms with Gasteiger partial charge in [-0.05, 0) is 25.0 Å². The van der Waals surface area contributed by atoms with Crippen LogP contribution in [0.3, 0.4) is 0 Å². The second-order valence-electron chi connectivity index (χ2n) is 8.22. The van der Waals surface area contributed by atoms with Crippen LogP contribution in [0, 0.1) is 0 Å². The molecule has 0 amide bonds. The largest absolute Gasteiger partial charge is 0.374 e. The van der Waals surface area contributed by atoms with E-state index in [2.05, 4.69) is 0 Å². The normalized spacial score (nSPS) is 29.6. The summed E-state index contributed by atoms with van der Waals surface area (Å²) in [6.45, 7) is 4.67. The first-order valence-electron chi connectivity index (χ1n) is 10.3. The van der Waals surface area contributed by atoms with E-state index in [9.17, 15) is 4.79 Å². The molecule has 0 aliphatic carbocycles. The predicted molar refractivity (Wildman–Crippen MR) is 109 cm³/mol. The fourth-order valence-electron chi connectivity index (χ4n) is 4.05. The molecule has 2 heterocycles. The van der Waals surface area contributed by atoms with Crippen LogP contribution in [0.5, 0.6) is 0 Å². The quantitative estimate of drug-likeness (QED) is 0.586. The van der Waals surface area contributed by atoms with E-state index < -0.39 is 29.9 Å². The van der Waals surface area contributed by atoms with E-state index in [1.165, 1.54) is 0 Å². The number of benzene rings is 2. The average molecular weight is 412 g/mol. The molecule has 0 aromatic heterocycles. The Bertz CT molecular complexity index is 824. The smallest absolute Gasteiger partial charge is 0.190 e. The highest BCUT2D eigenvalue weighted by Crippen LogP contribution is 2.45. The molecule has 6 nitrogen and oxygen atoms in total. The number of rotatable bonds is 9. The Balaban J connectivity index is 1.51. The molecule has 4 rings (SSSR count). The second-order valence-corrected chi connectivity index (χ2v) is 8.22. The van der Waals surface area contributed by atoms with Crippen LogP contribution in [0.25, 0.3) is 0 Å². The maximum absolute atomic E-state index is 11.6.